The number of hydrogen-bond donors (Lipinski definition) is 3. The van der Waals surface area contributed by atoms with E-state index in [1.165, 1.54) is 36.2 Å². The first-order chi connectivity index (χ1) is 20.6. The van der Waals surface area contributed by atoms with Gasteiger partial charge in [0.1, 0.15) is 23.1 Å². The van der Waals surface area contributed by atoms with Gasteiger partial charge in [0.05, 0.1) is 22.1 Å². The molecule has 3 N–H and O–H groups in total. The first kappa shape index (κ1) is 28.7. The Balaban J connectivity index is 1.36. The molecular weight excluding hydrogens is 579 g/mol. The predicted molar refractivity (Wildman–Crippen MR) is 158 cm³/mol. The van der Waals surface area contributed by atoms with Crippen LogP contribution in [0.15, 0.2) is 59.8 Å². The monoisotopic (exact) mass is 607 g/mol. The molecule has 7 nitrogen and oxygen atoms in total. The molecule has 222 valence electrons. The minimum absolute atomic E-state index is 0.0230. The number of carboxylic acid groups (broad SMARTS) is 1. The summed E-state index contributed by atoms with van der Waals surface area (Å²) in [6.45, 7) is 3.99. The standard InChI is InChI=1S/C32H28F3N3O4S/c1-16-14-32(2,21-6-4-5-17(28(21)41-16)7-10-24(39)40)23-15-37-31(38-23)20-13-18(8-9-22(20)33)42-29-26(35)25(34)27-19(11-12-36-27)30(29)43-3/h4-6,8-9,11-13,15-16,36H,7,10,14H2,1-3H3,(H,37,38)(H,39,40). The Hall–Kier alpha value is -4.38. The lowest BCUT2D eigenvalue weighted by Gasteiger charge is -2.39. The third kappa shape index (κ3) is 5.01. The number of aromatic amines is 2. The Morgan fingerprint density at radius 2 is 2.02 bits per heavy atom. The molecule has 0 amide bonds. The summed E-state index contributed by atoms with van der Waals surface area (Å²) in [6, 6.07) is 11.3. The Labute approximate surface area is 249 Å². The normalized spacial score (nSPS) is 18.0. The average Bonchev–Trinajstić information content (AvgIpc) is 3.67. The number of aromatic nitrogens is 3. The van der Waals surface area contributed by atoms with Gasteiger partial charge in [0.2, 0.25) is 5.82 Å². The van der Waals surface area contributed by atoms with Crippen molar-refractivity contribution in [1.82, 2.24) is 15.0 Å². The molecule has 3 aromatic carbocycles. The molecule has 0 bridgehead atoms. The average molecular weight is 608 g/mol. The maximum absolute atomic E-state index is 15.2. The number of imidazole rings is 1. The third-order valence-corrected chi connectivity index (χ3v) is 8.72. The van der Waals surface area contributed by atoms with Crippen LogP contribution in [0.3, 0.4) is 0 Å². The molecule has 0 fully saturated rings. The minimum Gasteiger partial charge on any atom is -0.490 e. The number of hydrogen-bond acceptors (Lipinski definition) is 5. The zero-order valence-electron chi connectivity index (χ0n) is 23.6. The van der Waals surface area contributed by atoms with Crippen LogP contribution in [-0.2, 0) is 16.6 Å². The van der Waals surface area contributed by atoms with Gasteiger partial charge in [-0.2, -0.15) is 4.39 Å². The second kappa shape index (κ2) is 11.0. The van der Waals surface area contributed by atoms with Gasteiger partial charge in [-0.05, 0) is 62.8 Å². The largest absolute Gasteiger partial charge is 0.490 e. The quantitative estimate of drug-likeness (QED) is 0.155. The lowest BCUT2D eigenvalue weighted by Crippen LogP contribution is -2.36. The summed E-state index contributed by atoms with van der Waals surface area (Å²) in [5.74, 6) is -2.96. The van der Waals surface area contributed by atoms with Crippen LogP contribution in [0, 0.1) is 17.5 Å². The lowest BCUT2D eigenvalue weighted by atomic mass is 9.73. The molecule has 0 aliphatic carbocycles. The zero-order chi connectivity index (χ0) is 30.5. The molecule has 0 saturated carbocycles. The van der Waals surface area contributed by atoms with Crippen molar-refractivity contribution >= 4 is 28.6 Å². The smallest absolute Gasteiger partial charge is 0.303 e. The highest BCUT2D eigenvalue weighted by molar-refractivity contribution is 7.99. The number of ether oxygens (including phenoxy) is 2. The van der Waals surface area contributed by atoms with Gasteiger partial charge in [-0.15, -0.1) is 11.8 Å². The Morgan fingerprint density at radius 3 is 2.79 bits per heavy atom. The highest BCUT2D eigenvalue weighted by atomic mass is 32.2. The molecule has 11 heteroatoms. The number of rotatable bonds is 8. The van der Waals surface area contributed by atoms with Crippen LogP contribution in [0.1, 0.15) is 43.5 Å². The van der Waals surface area contributed by atoms with Crippen molar-refractivity contribution in [3.63, 3.8) is 0 Å². The molecule has 43 heavy (non-hydrogen) atoms. The molecule has 2 aromatic heterocycles. The molecule has 6 rings (SSSR count). The van der Waals surface area contributed by atoms with Crippen molar-refractivity contribution in [3.05, 3.63) is 89.1 Å². The van der Waals surface area contributed by atoms with Crippen LogP contribution in [-0.4, -0.2) is 38.4 Å². The molecule has 1 aliphatic heterocycles. The first-order valence-electron chi connectivity index (χ1n) is 13.7. The van der Waals surface area contributed by atoms with E-state index < -0.39 is 28.8 Å². The number of carbonyl (C=O) groups is 1. The Kier molecular flexibility index (Phi) is 7.37. The SMILES string of the molecule is CSc1c(Oc2ccc(F)c(-c3ncc(C4(C)CC(C)Oc5c(CCC(=O)O)cccc54)[nH]3)c2)c(F)c(F)c2[nH]ccc12. The number of fused-ring (bicyclic) bond motifs is 2. The van der Waals surface area contributed by atoms with E-state index in [0.29, 0.717) is 28.9 Å². The fourth-order valence-corrected chi connectivity index (χ4v) is 6.56. The molecular formula is C32H28F3N3O4S. The van der Waals surface area contributed by atoms with Crippen LogP contribution in [0.4, 0.5) is 13.2 Å². The molecule has 1 aliphatic rings. The number of aryl methyl sites for hydroxylation is 1. The summed E-state index contributed by atoms with van der Waals surface area (Å²) in [7, 11) is 0. The highest BCUT2D eigenvalue weighted by Gasteiger charge is 2.40. The minimum atomic E-state index is -1.14. The number of para-hydroxylation sites is 1. The van der Waals surface area contributed by atoms with Crippen LogP contribution < -0.4 is 9.47 Å². The fraction of sp³-hybridized carbons (Fsp3) is 0.250. The van der Waals surface area contributed by atoms with E-state index in [9.17, 15) is 14.3 Å². The summed E-state index contributed by atoms with van der Waals surface area (Å²) in [6.07, 6.45) is 5.63. The van der Waals surface area contributed by atoms with Crippen LogP contribution >= 0.6 is 11.8 Å². The van der Waals surface area contributed by atoms with Crippen molar-refractivity contribution in [2.45, 2.75) is 49.5 Å². The Morgan fingerprint density at radius 1 is 1.21 bits per heavy atom. The maximum Gasteiger partial charge on any atom is 0.303 e. The van der Waals surface area contributed by atoms with Gasteiger partial charge in [0.25, 0.3) is 0 Å². The molecule has 0 radical (unpaired) electrons. The van der Waals surface area contributed by atoms with Crippen molar-refractivity contribution in [2.24, 2.45) is 0 Å². The number of nitrogens with zero attached hydrogens (tertiary/aromatic N) is 1. The summed E-state index contributed by atoms with van der Waals surface area (Å²) < 4.78 is 57.1. The number of halogens is 3. The maximum atomic E-state index is 15.2. The van der Waals surface area contributed by atoms with Gasteiger partial charge in [-0.1, -0.05) is 18.2 Å². The van der Waals surface area contributed by atoms with Crippen molar-refractivity contribution in [2.75, 3.05) is 6.26 Å². The number of nitrogens with one attached hydrogen (secondary N) is 2. The van der Waals surface area contributed by atoms with Gasteiger partial charge in [0, 0.05) is 40.9 Å². The number of benzene rings is 3. The van der Waals surface area contributed by atoms with Crippen molar-refractivity contribution in [3.8, 4) is 28.6 Å². The van der Waals surface area contributed by atoms with Gasteiger partial charge < -0.3 is 24.5 Å². The van der Waals surface area contributed by atoms with E-state index in [0.717, 1.165) is 16.8 Å². The van der Waals surface area contributed by atoms with E-state index >= 15 is 8.78 Å². The van der Waals surface area contributed by atoms with Gasteiger partial charge in [0.15, 0.2) is 11.6 Å². The fourth-order valence-electron chi connectivity index (χ4n) is 5.85. The van der Waals surface area contributed by atoms with Gasteiger partial charge >= 0.3 is 5.97 Å². The van der Waals surface area contributed by atoms with E-state index in [4.69, 9.17) is 9.47 Å². The van der Waals surface area contributed by atoms with Crippen molar-refractivity contribution < 1.29 is 32.5 Å². The van der Waals surface area contributed by atoms with Gasteiger partial charge in [-0.25, -0.2) is 13.8 Å². The number of aliphatic carboxylic acids is 1. The van der Waals surface area contributed by atoms with Gasteiger partial charge in [-0.3, -0.25) is 4.79 Å². The second-order valence-corrected chi connectivity index (χ2v) is 11.6. The zero-order valence-corrected chi connectivity index (χ0v) is 24.4. The molecule has 2 atom stereocenters. The van der Waals surface area contributed by atoms with Crippen LogP contribution in [0.25, 0.3) is 22.3 Å². The lowest BCUT2D eigenvalue weighted by molar-refractivity contribution is -0.136. The molecule has 3 heterocycles. The summed E-state index contributed by atoms with van der Waals surface area (Å²) in [4.78, 5) is 22.1. The van der Waals surface area contributed by atoms with E-state index in [-0.39, 0.29) is 40.9 Å². The van der Waals surface area contributed by atoms with Crippen molar-refractivity contribution in [1.29, 1.82) is 0 Å². The van der Waals surface area contributed by atoms with E-state index in [1.807, 2.05) is 32.0 Å². The van der Waals surface area contributed by atoms with E-state index in [1.54, 1.807) is 18.5 Å². The summed E-state index contributed by atoms with van der Waals surface area (Å²) >= 11 is 1.21. The number of carboxylic acids is 1. The highest BCUT2D eigenvalue weighted by Crippen LogP contribution is 2.47. The summed E-state index contributed by atoms with van der Waals surface area (Å²) in [5, 5.41) is 9.68. The Bertz CT molecular complexity index is 1870. The molecule has 5 aromatic rings. The number of thioether (sulfide) groups is 1. The molecule has 0 saturated heterocycles. The second-order valence-electron chi connectivity index (χ2n) is 10.8. The van der Waals surface area contributed by atoms with Crippen LogP contribution in [0.2, 0.25) is 0 Å². The number of H-pyrrole nitrogens is 2. The summed E-state index contributed by atoms with van der Waals surface area (Å²) in [5.41, 5.74) is 1.95. The molecule has 2 unspecified atom stereocenters. The molecule has 0 spiro atoms. The van der Waals surface area contributed by atoms with E-state index in [2.05, 4.69) is 15.0 Å². The topological polar surface area (TPSA) is 100 Å². The van der Waals surface area contributed by atoms with Crippen LogP contribution in [0.5, 0.6) is 17.2 Å². The predicted octanol–water partition coefficient (Wildman–Crippen LogP) is 7.98. The third-order valence-electron chi connectivity index (χ3n) is 7.91. The first-order valence-corrected chi connectivity index (χ1v) is 14.9.